The van der Waals surface area contributed by atoms with Crippen molar-refractivity contribution < 1.29 is 0 Å². The van der Waals surface area contributed by atoms with Crippen LogP contribution in [0.5, 0.6) is 0 Å². The van der Waals surface area contributed by atoms with Gasteiger partial charge in [0.2, 0.25) is 0 Å². The zero-order chi connectivity index (χ0) is 16.0. The van der Waals surface area contributed by atoms with Crippen molar-refractivity contribution in [3.63, 3.8) is 0 Å². The van der Waals surface area contributed by atoms with E-state index in [4.69, 9.17) is 11.6 Å². The topological polar surface area (TPSA) is 34.9 Å². The predicted molar refractivity (Wildman–Crippen MR) is 96.7 cm³/mol. The third kappa shape index (κ3) is 2.44. The van der Waals surface area contributed by atoms with E-state index in [1.165, 1.54) is 16.9 Å². The third-order valence-corrected chi connectivity index (χ3v) is 5.30. The largest absolute Gasteiger partial charge is 0.294 e. The molecule has 4 rings (SSSR count). The van der Waals surface area contributed by atoms with Gasteiger partial charge >= 0.3 is 0 Å². The van der Waals surface area contributed by atoms with Crippen LogP contribution in [-0.4, -0.2) is 9.55 Å². The first-order valence-electron chi connectivity index (χ1n) is 7.25. The molecule has 4 aromatic rings. The lowest BCUT2D eigenvalue weighted by atomic mass is 10.1. The Bertz CT molecular complexity index is 1100. The highest BCUT2D eigenvalue weighted by molar-refractivity contribution is 7.25. The van der Waals surface area contributed by atoms with E-state index in [-0.39, 0.29) is 5.56 Å². The summed E-state index contributed by atoms with van der Waals surface area (Å²) >= 11 is 7.72. The van der Waals surface area contributed by atoms with Crippen molar-refractivity contribution in [2.45, 2.75) is 13.5 Å². The van der Waals surface area contributed by atoms with Gasteiger partial charge in [0, 0.05) is 10.1 Å². The van der Waals surface area contributed by atoms with E-state index in [1.807, 2.05) is 43.3 Å². The molecule has 0 spiro atoms. The summed E-state index contributed by atoms with van der Waals surface area (Å²) < 4.78 is 3.30. The maximum Gasteiger partial charge on any atom is 0.271 e. The fraction of sp³-hybridized carbons (Fsp3) is 0.111. The maximum atomic E-state index is 12.8. The smallest absolute Gasteiger partial charge is 0.271 e. The lowest BCUT2D eigenvalue weighted by molar-refractivity contribution is 0.749. The molecule has 5 heteroatoms. The predicted octanol–water partition coefficient (Wildman–Crippen LogP) is 4.62. The van der Waals surface area contributed by atoms with Crippen molar-refractivity contribution in [1.29, 1.82) is 0 Å². The van der Waals surface area contributed by atoms with Crippen molar-refractivity contribution >= 4 is 43.2 Å². The van der Waals surface area contributed by atoms with Gasteiger partial charge in [0.15, 0.2) is 0 Å². The molecule has 23 heavy (non-hydrogen) atoms. The van der Waals surface area contributed by atoms with E-state index in [0.717, 1.165) is 15.6 Å². The molecule has 0 atom stereocenters. The molecule has 2 aromatic carbocycles. The summed E-state index contributed by atoms with van der Waals surface area (Å²) in [5.74, 6) is 0. The molecule has 2 aromatic heterocycles. The van der Waals surface area contributed by atoms with Crippen LogP contribution in [0.4, 0.5) is 0 Å². The lowest BCUT2D eigenvalue weighted by Gasteiger charge is -2.06. The van der Waals surface area contributed by atoms with E-state index in [9.17, 15) is 4.79 Å². The number of aryl methyl sites for hydroxylation is 1. The van der Waals surface area contributed by atoms with Crippen molar-refractivity contribution in [3.8, 4) is 0 Å². The number of nitrogens with zero attached hydrogens (tertiary/aromatic N) is 2. The summed E-state index contributed by atoms with van der Waals surface area (Å²) in [5.41, 5.74) is 2.94. The molecule has 0 fully saturated rings. The highest BCUT2D eigenvalue weighted by Crippen LogP contribution is 2.34. The summed E-state index contributed by atoms with van der Waals surface area (Å²) in [6.07, 6.45) is 1.61. The molecular weight excluding hydrogens is 328 g/mol. The summed E-state index contributed by atoms with van der Waals surface area (Å²) in [7, 11) is 0. The Morgan fingerprint density at radius 2 is 2.04 bits per heavy atom. The highest BCUT2D eigenvalue weighted by Gasteiger charge is 2.13. The van der Waals surface area contributed by atoms with Crippen LogP contribution in [0.15, 0.2) is 53.6 Å². The second kappa shape index (κ2) is 5.48. The van der Waals surface area contributed by atoms with Gasteiger partial charge in [-0.3, -0.25) is 9.36 Å². The van der Waals surface area contributed by atoms with E-state index in [2.05, 4.69) is 11.1 Å². The highest BCUT2D eigenvalue weighted by atomic mass is 35.5. The number of thiophene rings is 1. The van der Waals surface area contributed by atoms with E-state index >= 15 is 0 Å². The fourth-order valence-corrected chi connectivity index (χ4v) is 4.24. The maximum absolute atomic E-state index is 12.8. The van der Waals surface area contributed by atoms with Crippen molar-refractivity contribution in [3.05, 3.63) is 75.3 Å². The number of fused-ring (bicyclic) bond motifs is 3. The van der Waals surface area contributed by atoms with Gasteiger partial charge in [-0.15, -0.1) is 11.3 Å². The molecule has 0 bridgehead atoms. The monoisotopic (exact) mass is 340 g/mol. The van der Waals surface area contributed by atoms with Gasteiger partial charge in [0.1, 0.15) is 4.70 Å². The zero-order valence-electron chi connectivity index (χ0n) is 12.4. The van der Waals surface area contributed by atoms with E-state index in [0.29, 0.717) is 21.8 Å². The van der Waals surface area contributed by atoms with Gasteiger partial charge in [-0.2, -0.15) is 0 Å². The number of halogens is 1. The molecule has 0 saturated carbocycles. The Balaban J connectivity index is 1.90. The van der Waals surface area contributed by atoms with Gasteiger partial charge in [0.05, 0.1) is 23.4 Å². The molecule has 0 saturated heterocycles. The van der Waals surface area contributed by atoms with Gasteiger partial charge < -0.3 is 0 Å². The molecular formula is C18H13ClN2OS. The van der Waals surface area contributed by atoms with E-state index in [1.54, 1.807) is 10.9 Å². The third-order valence-electron chi connectivity index (χ3n) is 3.86. The SMILES string of the molecule is Cc1cccc(Cn2cnc3c(sc4cccc(Cl)c43)c2=O)c1. The molecule has 0 aliphatic carbocycles. The van der Waals surface area contributed by atoms with Crippen LogP contribution < -0.4 is 5.56 Å². The molecule has 0 amide bonds. The molecule has 0 aliphatic heterocycles. The molecule has 0 radical (unpaired) electrons. The summed E-state index contributed by atoms with van der Waals surface area (Å²) in [6, 6.07) is 13.8. The average Bonchev–Trinajstić information content (AvgIpc) is 2.91. The van der Waals surface area contributed by atoms with Gasteiger partial charge in [-0.05, 0) is 24.6 Å². The standard InChI is InChI=1S/C18H13ClN2OS/c1-11-4-2-5-12(8-11)9-21-10-20-16-15-13(19)6-3-7-14(15)23-17(16)18(21)22/h2-8,10H,9H2,1H3. The minimum Gasteiger partial charge on any atom is -0.294 e. The minimum absolute atomic E-state index is 0.0197. The summed E-state index contributed by atoms with van der Waals surface area (Å²) in [4.78, 5) is 17.3. The molecule has 3 nitrogen and oxygen atoms in total. The van der Waals surface area contributed by atoms with Gasteiger partial charge in [-0.1, -0.05) is 47.5 Å². The van der Waals surface area contributed by atoms with Crippen LogP contribution in [-0.2, 0) is 6.54 Å². The quantitative estimate of drug-likeness (QED) is 0.533. The Hall–Kier alpha value is -2.17. The van der Waals surface area contributed by atoms with Crippen LogP contribution in [0.1, 0.15) is 11.1 Å². The Morgan fingerprint density at radius 3 is 2.87 bits per heavy atom. The Morgan fingerprint density at radius 1 is 1.22 bits per heavy atom. The number of hydrogen-bond acceptors (Lipinski definition) is 3. The minimum atomic E-state index is -0.0197. The number of aromatic nitrogens is 2. The molecule has 0 aliphatic rings. The molecule has 114 valence electrons. The second-order valence-electron chi connectivity index (χ2n) is 5.56. The first kappa shape index (κ1) is 14.4. The number of rotatable bonds is 2. The number of benzene rings is 2. The lowest BCUT2D eigenvalue weighted by Crippen LogP contribution is -2.20. The van der Waals surface area contributed by atoms with Crippen molar-refractivity contribution in [1.82, 2.24) is 9.55 Å². The normalized spacial score (nSPS) is 11.4. The zero-order valence-corrected chi connectivity index (χ0v) is 14.0. The average molecular weight is 341 g/mol. The van der Waals surface area contributed by atoms with Crippen LogP contribution >= 0.6 is 22.9 Å². The molecule has 0 unspecified atom stereocenters. The Labute approximate surface area is 141 Å². The van der Waals surface area contributed by atoms with Crippen LogP contribution in [0, 0.1) is 6.92 Å². The van der Waals surface area contributed by atoms with Crippen molar-refractivity contribution in [2.24, 2.45) is 0 Å². The fourth-order valence-electron chi connectivity index (χ4n) is 2.79. The first-order chi connectivity index (χ1) is 11.1. The van der Waals surface area contributed by atoms with Crippen LogP contribution in [0.2, 0.25) is 5.02 Å². The van der Waals surface area contributed by atoms with Gasteiger partial charge in [-0.25, -0.2) is 4.98 Å². The molecule has 2 heterocycles. The van der Waals surface area contributed by atoms with Crippen LogP contribution in [0.25, 0.3) is 20.3 Å². The summed E-state index contributed by atoms with van der Waals surface area (Å²) in [6.45, 7) is 2.56. The Kier molecular flexibility index (Phi) is 3.43. The second-order valence-corrected chi connectivity index (χ2v) is 7.02. The van der Waals surface area contributed by atoms with E-state index < -0.39 is 0 Å². The van der Waals surface area contributed by atoms with Crippen LogP contribution in [0.3, 0.4) is 0 Å². The summed E-state index contributed by atoms with van der Waals surface area (Å²) in [5, 5.41) is 1.51. The first-order valence-corrected chi connectivity index (χ1v) is 8.44. The molecule has 0 N–H and O–H groups in total. The van der Waals surface area contributed by atoms with Crippen molar-refractivity contribution in [2.75, 3.05) is 0 Å². The number of hydrogen-bond donors (Lipinski definition) is 0. The van der Waals surface area contributed by atoms with Gasteiger partial charge in [0.25, 0.3) is 5.56 Å².